The summed E-state index contributed by atoms with van der Waals surface area (Å²) in [6.07, 6.45) is 0. The van der Waals surface area contributed by atoms with Crippen molar-refractivity contribution in [2.24, 2.45) is 0 Å². The van der Waals surface area contributed by atoms with E-state index in [0.29, 0.717) is 8.04 Å². The molecule has 1 aromatic rings. The first-order valence-corrected chi connectivity index (χ1v) is 4.93. The van der Waals surface area contributed by atoms with E-state index in [4.69, 9.17) is 0 Å². The van der Waals surface area contributed by atoms with E-state index in [2.05, 4.69) is 15.9 Å². The lowest BCUT2D eigenvalue weighted by Crippen LogP contribution is -2.34. The van der Waals surface area contributed by atoms with Crippen LogP contribution in [-0.4, -0.2) is 6.98 Å². The minimum absolute atomic E-state index is 0.462. The van der Waals surface area contributed by atoms with Gasteiger partial charge in [-0.2, -0.15) is 0 Å². The van der Waals surface area contributed by atoms with Crippen LogP contribution >= 0.6 is 38.5 Å². The van der Waals surface area contributed by atoms with Crippen molar-refractivity contribution in [2.75, 3.05) is 0 Å². The lowest BCUT2D eigenvalue weighted by molar-refractivity contribution is 0.501. The van der Waals surface area contributed by atoms with Crippen molar-refractivity contribution in [2.45, 2.75) is 0 Å². The Morgan fingerprint density at radius 1 is 1.17 bits per heavy atom. The second-order valence-corrected chi connectivity index (χ2v) is 4.44. The molecule has 0 bridgehead atoms. The summed E-state index contributed by atoms with van der Waals surface area (Å²) < 4.78 is 37.6. The zero-order valence-corrected chi connectivity index (χ0v) is 9.44. The summed E-state index contributed by atoms with van der Waals surface area (Å²) in [5.41, 5.74) is -0.561. The van der Waals surface area contributed by atoms with Gasteiger partial charge in [0.1, 0.15) is 0 Å². The molecule has 0 aliphatic heterocycles. The summed E-state index contributed by atoms with van der Waals surface area (Å²) in [6.45, 7) is -4.88. The normalized spacial score (nSPS) is 11.8. The maximum atomic E-state index is 12.2. The molecular weight excluding hydrogens is 347 g/mol. The molecule has 66 valence electrons. The Morgan fingerprint density at radius 2 is 1.75 bits per heavy atom. The minimum atomic E-state index is -4.88. The molecule has 0 spiro atoms. The van der Waals surface area contributed by atoms with Crippen LogP contribution in [0, 0.1) is 3.57 Å². The molecule has 0 fully saturated rings. The fourth-order valence-electron chi connectivity index (χ4n) is 0.764. The van der Waals surface area contributed by atoms with E-state index in [0.717, 1.165) is 12.1 Å². The first-order valence-electron chi connectivity index (χ1n) is 3.05. The van der Waals surface area contributed by atoms with Gasteiger partial charge in [0.25, 0.3) is 0 Å². The van der Waals surface area contributed by atoms with E-state index in [1.54, 1.807) is 6.07 Å². The van der Waals surface area contributed by atoms with Crippen molar-refractivity contribution in [3.63, 3.8) is 0 Å². The highest BCUT2D eigenvalue weighted by atomic mass is 127. The summed E-state index contributed by atoms with van der Waals surface area (Å²) in [7, 11) is 0. The first-order chi connectivity index (χ1) is 5.39. The summed E-state index contributed by atoms with van der Waals surface area (Å²) in [5, 5.41) is 0. The van der Waals surface area contributed by atoms with Crippen molar-refractivity contribution in [3.05, 3.63) is 26.2 Å². The molecule has 0 N–H and O–H groups in total. The topological polar surface area (TPSA) is 0 Å². The molecule has 0 atom stereocenters. The highest BCUT2D eigenvalue weighted by Gasteiger charge is 2.25. The van der Waals surface area contributed by atoms with Gasteiger partial charge in [-0.05, 0) is 28.7 Å². The molecule has 0 unspecified atom stereocenters. The number of benzene rings is 1. The predicted octanol–water partition coefficient (Wildman–Crippen LogP) is 3.11. The van der Waals surface area contributed by atoms with Crippen LogP contribution in [0.2, 0.25) is 0 Å². The van der Waals surface area contributed by atoms with Crippen LogP contribution < -0.4 is 5.46 Å². The number of halogens is 5. The van der Waals surface area contributed by atoms with E-state index in [1.807, 2.05) is 22.6 Å². The monoisotopic (exact) mass is 349 g/mol. The maximum absolute atomic E-state index is 12.2. The Morgan fingerprint density at radius 3 is 2.17 bits per heavy atom. The van der Waals surface area contributed by atoms with Gasteiger partial charge in [-0.3, -0.25) is 0 Å². The smallest absolute Gasteiger partial charge is 0.445 e. The molecule has 1 aromatic carbocycles. The third-order valence-electron chi connectivity index (χ3n) is 1.26. The number of rotatable bonds is 1. The van der Waals surface area contributed by atoms with Crippen LogP contribution in [-0.2, 0) is 0 Å². The second kappa shape index (κ2) is 3.57. The molecule has 6 heteroatoms. The third-order valence-corrected chi connectivity index (χ3v) is 2.34. The van der Waals surface area contributed by atoms with Crippen LogP contribution in [0.5, 0.6) is 0 Å². The Kier molecular flexibility index (Phi) is 3.08. The Bertz CT molecular complexity index is 279. The Labute approximate surface area is 89.9 Å². The molecule has 0 saturated heterocycles. The van der Waals surface area contributed by atoms with Gasteiger partial charge < -0.3 is 12.9 Å². The molecule has 1 rings (SSSR count). The summed E-state index contributed by atoms with van der Waals surface area (Å²) in [4.78, 5) is 0. The van der Waals surface area contributed by atoms with Gasteiger partial charge in [-0.25, -0.2) is 0 Å². The molecule has 0 amide bonds. The fourth-order valence-corrected chi connectivity index (χ4v) is 2.40. The lowest BCUT2D eigenvalue weighted by Gasteiger charge is -2.15. The van der Waals surface area contributed by atoms with Gasteiger partial charge in [0, 0.05) is 8.04 Å². The van der Waals surface area contributed by atoms with Crippen molar-refractivity contribution < 1.29 is 12.9 Å². The average molecular weight is 350 g/mol. The Hall–Kier alpha value is 0.285. The van der Waals surface area contributed by atoms with Gasteiger partial charge in [0.2, 0.25) is 0 Å². The van der Waals surface area contributed by atoms with Gasteiger partial charge in [-0.15, -0.1) is 5.46 Å². The highest BCUT2D eigenvalue weighted by molar-refractivity contribution is 14.1. The molecule has 0 saturated carbocycles. The molecule has 0 aliphatic carbocycles. The number of hydrogen-bond donors (Lipinski definition) is 0. The van der Waals surface area contributed by atoms with Crippen LogP contribution in [0.3, 0.4) is 0 Å². The van der Waals surface area contributed by atoms with Crippen molar-refractivity contribution in [1.82, 2.24) is 0 Å². The SMILES string of the molecule is F[B-](F)(F)c1cc(Br)cc(I)c1. The van der Waals surface area contributed by atoms with Crippen molar-refractivity contribution >= 4 is 51.0 Å². The Balaban J connectivity index is 3.18. The zero-order chi connectivity index (χ0) is 9.35. The van der Waals surface area contributed by atoms with Crippen LogP contribution in [0.4, 0.5) is 12.9 Å². The van der Waals surface area contributed by atoms with Crippen LogP contribution in [0.1, 0.15) is 0 Å². The summed E-state index contributed by atoms with van der Waals surface area (Å²) in [6, 6.07) is 3.85. The van der Waals surface area contributed by atoms with Crippen LogP contribution in [0.25, 0.3) is 0 Å². The molecular formula is C6H3BBrF3I-. The summed E-state index contributed by atoms with van der Waals surface area (Å²) in [5.74, 6) is 0. The van der Waals surface area contributed by atoms with E-state index < -0.39 is 12.4 Å². The van der Waals surface area contributed by atoms with Crippen LogP contribution in [0.15, 0.2) is 22.7 Å². The maximum Gasteiger partial charge on any atom is 0.509 e. The van der Waals surface area contributed by atoms with Gasteiger partial charge >= 0.3 is 6.98 Å². The van der Waals surface area contributed by atoms with E-state index in [-0.39, 0.29) is 0 Å². The van der Waals surface area contributed by atoms with E-state index in [9.17, 15) is 12.9 Å². The first kappa shape index (κ1) is 10.4. The van der Waals surface area contributed by atoms with Gasteiger partial charge in [0.05, 0.1) is 0 Å². The molecule has 12 heavy (non-hydrogen) atoms. The minimum Gasteiger partial charge on any atom is -0.445 e. The third kappa shape index (κ3) is 2.65. The molecule has 0 heterocycles. The average Bonchev–Trinajstić information content (AvgIpc) is 1.82. The zero-order valence-electron chi connectivity index (χ0n) is 5.70. The molecule has 0 aromatic heterocycles. The fraction of sp³-hybridized carbons (Fsp3) is 0. The molecule has 0 nitrogen and oxygen atoms in total. The lowest BCUT2D eigenvalue weighted by atomic mass is 9.80. The number of hydrogen-bond acceptors (Lipinski definition) is 0. The van der Waals surface area contributed by atoms with Crippen molar-refractivity contribution in [3.8, 4) is 0 Å². The highest BCUT2D eigenvalue weighted by Crippen LogP contribution is 2.17. The quantitative estimate of drug-likeness (QED) is 0.540. The van der Waals surface area contributed by atoms with E-state index in [1.165, 1.54) is 0 Å². The van der Waals surface area contributed by atoms with E-state index >= 15 is 0 Å². The summed E-state index contributed by atoms with van der Waals surface area (Å²) >= 11 is 4.86. The standard InChI is InChI=1S/C6H3BBrF3I/c8-5-1-4(7(9,10)11)2-6(12)3-5/h1-3H/q-1. The van der Waals surface area contributed by atoms with Gasteiger partial charge in [0.15, 0.2) is 0 Å². The van der Waals surface area contributed by atoms with Gasteiger partial charge in [-0.1, -0.05) is 28.1 Å². The largest absolute Gasteiger partial charge is 0.509 e. The molecule has 0 radical (unpaired) electrons. The second-order valence-electron chi connectivity index (χ2n) is 2.28. The van der Waals surface area contributed by atoms with Crippen molar-refractivity contribution in [1.29, 1.82) is 0 Å². The molecule has 0 aliphatic rings. The predicted molar refractivity (Wildman–Crippen MR) is 55.6 cm³/mol.